The van der Waals surface area contributed by atoms with Crippen LogP contribution in [0.2, 0.25) is 0 Å². The predicted molar refractivity (Wildman–Crippen MR) is 109 cm³/mol. The summed E-state index contributed by atoms with van der Waals surface area (Å²) in [4.78, 5) is 30.5. The van der Waals surface area contributed by atoms with Gasteiger partial charge in [0.15, 0.2) is 5.82 Å². The molecular formula is C22H25N5O2. The number of carboxylic acids is 1. The maximum atomic E-state index is 11.5. The highest BCUT2D eigenvalue weighted by Gasteiger charge is 2.22. The van der Waals surface area contributed by atoms with E-state index in [9.17, 15) is 9.90 Å². The van der Waals surface area contributed by atoms with E-state index in [4.69, 9.17) is 4.98 Å². The molecule has 4 rings (SSSR count). The number of imidazole rings is 1. The Balaban J connectivity index is 1.43. The second-order valence-electron chi connectivity index (χ2n) is 7.72. The number of hydrogen-bond acceptors (Lipinski definition) is 5. The summed E-state index contributed by atoms with van der Waals surface area (Å²) in [6.45, 7) is 4.55. The van der Waals surface area contributed by atoms with Crippen molar-refractivity contribution in [2.24, 2.45) is 5.92 Å². The van der Waals surface area contributed by atoms with E-state index in [0.29, 0.717) is 18.0 Å². The van der Waals surface area contributed by atoms with Gasteiger partial charge in [0.25, 0.3) is 0 Å². The summed E-state index contributed by atoms with van der Waals surface area (Å²) in [6.07, 6.45) is 8.46. The normalized spacial score (nSPS) is 17.3. The minimum absolute atomic E-state index is 0.391. The number of carbonyl (C=O) groups is 1. The van der Waals surface area contributed by atoms with Crippen LogP contribution in [0.4, 0.5) is 0 Å². The van der Waals surface area contributed by atoms with Crippen molar-refractivity contribution in [3.8, 4) is 11.5 Å². The molecule has 0 bridgehead atoms. The van der Waals surface area contributed by atoms with Gasteiger partial charge in [0, 0.05) is 31.2 Å². The van der Waals surface area contributed by atoms with E-state index in [1.807, 2.05) is 25.3 Å². The Morgan fingerprint density at radius 1 is 1.28 bits per heavy atom. The minimum Gasteiger partial charge on any atom is -0.478 e. The van der Waals surface area contributed by atoms with Crippen molar-refractivity contribution in [1.82, 2.24) is 24.8 Å². The number of benzene rings is 1. The fourth-order valence-electron chi connectivity index (χ4n) is 4.03. The molecule has 1 fully saturated rings. The van der Waals surface area contributed by atoms with Crippen molar-refractivity contribution in [3.63, 3.8) is 0 Å². The molecule has 2 N–H and O–H groups in total. The fourth-order valence-corrected chi connectivity index (χ4v) is 4.03. The van der Waals surface area contributed by atoms with E-state index in [2.05, 4.69) is 19.9 Å². The summed E-state index contributed by atoms with van der Waals surface area (Å²) in [7, 11) is 0. The summed E-state index contributed by atoms with van der Waals surface area (Å²) in [5.74, 6) is 0.352. The molecule has 0 amide bonds. The third-order valence-corrected chi connectivity index (χ3v) is 5.37. The third-order valence-electron chi connectivity index (χ3n) is 5.37. The van der Waals surface area contributed by atoms with Crippen LogP contribution in [-0.2, 0) is 13.0 Å². The number of likely N-dealkylation sites (tertiary alicyclic amines) is 1. The Morgan fingerprint density at radius 2 is 2.14 bits per heavy atom. The first-order chi connectivity index (χ1) is 14.1. The number of hydrogen-bond donors (Lipinski definition) is 2. The van der Waals surface area contributed by atoms with Gasteiger partial charge in [0.1, 0.15) is 5.69 Å². The molecule has 29 heavy (non-hydrogen) atoms. The van der Waals surface area contributed by atoms with E-state index in [0.717, 1.165) is 60.8 Å². The van der Waals surface area contributed by atoms with Crippen LogP contribution in [0.15, 0.2) is 42.9 Å². The summed E-state index contributed by atoms with van der Waals surface area (Å²) >= 11 is 0. The molecule has 7 nitrogen and oxygen atoms in total. The van der Waals surface area contributed by atoms with Crippen molar-refractivity contribution in [2.45, 2.75) is 32.7 Å². The van der Waals surface area contributed by atoms with Crippen LogP contribution in [0, 0.1) is 12.8 Å². The summed E-state index contributed by atoms with van der Waals surface area (Å²) in [5, 5.41) is 9.42. The maximum absolute atomic E-state index is 11.5. The number of nitrogens with one attached hydrogen (secondary N) is 1. The molecule has 3 aromatic rings. The van der Waals surface area contributed by atoms with Gasteiger partial charge in [-0.3, -0.25) is 9.88 Å². The number of aromatic amines is 1. The Kier molecular flexibility index (Phi) is 5.67. The molecule has 150 valence electrons. The molecule has 2 aromatic heterocycles. The average Bonchev–Trinajstić information content (AvgIpc) is 3.15. The molecule has 3 heterocycles. The Morgan fingerprint density at radius 3 is 2.93 bits per heavy atom. The highest BCUT2D eigenvalue weighted by Crippen LogP contribution is 2.23. The number of piperidine rings is 1. The van der Waals surface area contributed by atoms with E-state index in [1.165, 1.54) is 0 Å². The van der Waals surface area contributed by atoms with Crippen LogP contribution in [0.25, 0.3) is 11.5 Å². The van der Waals surface area contributed by atoms with Gasteiger partial charge >= 0.3 is 5.97 Å². The van der Waals surface area contributed by atoms with Crippen LogP contribution < -0.4 is 0 Å². The number of rotatable bonds is 6. The van der Waals surface area contributed by atoms with Crippen molar-refractivity contribution in [2.75, 3.05) is 13.1 Å². The second kappa shape index (κ2) is 8.53. The van der Waals surface area contributed by atoms with Crippen molar-refractivity contribution < 1.29 is 9.90 Å². The highest BCUT2D eigenvalue weighted by molar-refractivity contribution is 5.89. The van der Waals surface area contributed by atoms with Crippen molar-refractivity contribution in [1.29, 1.82) is 0 Å². The SMILES string of the molecule is Cc1cnc(-c2cncc(CC3CCCN(Cc4ccccc4C(=O)O)C3)n2)[nH]1. The third kappa shape index (κ3) is 4.68. The molecule has 0 aliphatic carbocycles. The minimum atomic E-state index is -0.866. The van der Waals surface area contributed by atoms with Gasteiger partial charge in [0.05, 0.1) is 17.5 Å². The Hall–Kier alpha value is -3.06. The zero-order valence-corrected chi connectivity index (χ0v) is 16.5. The standard InChI is InChI=1S/C22H25N5O2/c1-15-10-24-21(25-15)20-12-23-11-18(26-20)9-16-5-4-8-27(13-16)14-17-6-2-3-7-19(17)22(28)29/h2-3,6-7,10-12,16H,4-5,8-9,13-14H2,1H3,(H,24,25)(H,28,29). The second-order valence-corrected chi connectivity index (χ2v) is 7.72. The number of aromatic carboxylic acids is 1. The van der Waals surface area contributed by atoms with Crippen LogP contribution in [-0.4, -0.2) is 49.0 Å². The average molecular weight is 391 g/mol. The van der Waals surface area contributed by atoms with Gasteiger partial charge in [-0.1, -0.05) is 18.2 Å². The molecule has 1 atom stereocenters. The smallest absolute Gasteiger partial charge is 0.336 e. The highest BCUT2D eigenvalue weighted by atomic mass is 16.4. The van der Waals surface area contributed by atoms with Crippen LogP contribution in [0.1, 0.15) is 40.2 Å². The lowest BCUT2D eigenvalue weighted by molar-refractivity contribution is 0.0693. The summed E-state index contributed by atoms with van der Waals surface area (Å²) < 4.78 is 0. The Labute approximate surface area is 169 Å². The topological polar surface area (TPSA) is 95.0 Å². The van der Waals surface area contributed by atoms with Gasteiger partial charge in [-0.15, -0.1) is 0 Å². The Bertz CT molecular complexity index is 1000. The lowest BCUT2D eigenvalue weighted by Gasteiger charge is -2.33. The van der Waals surface area contributed by atoms with Gasteiger partial charge in [0.2, 0.25) is 0 Å². The molecule has 1 unspecified atom stereocenters. The molecule has 0 radical (unpaired) electrons. The molecule has 1 aromatic carbocycles. The molecular weight excluding hydrogens is 366 g/mol. The molecule has 1 aliphatic rings. The summed E-state index contributed by atoms with van der Waals surface area (Å²) in [6, 6.07) is 7.27. The number of carboxylic acid groups (broad SMARTS) is 1. The summed E-state index contributed by atoms with van der Waals surface area (Å²) in [5.41, 5.74) is 3.99. The van der Waals surface area contributed by atoms with Gasteiger partial charge in [-0.05, 0) is 50.3 Å². The largest absolute Gasteiger partial charge is 0.478 e. The first-order valence-electron chi connectivity index (χ1n) is 9.95. The van der Waals surface area contributed by atoms with Gasteiger partial charge in [-0.2, -0.15) is 0 Å². The zero-order valence-electron chi connectivity index (χ0n) is 16.5. The van der Waals surface area contributed by atoms with Gasteiger partial charge in [-0.25, -0.2) is 14.8 Å². The molecule has 0 spiro atoms. The lowest BCUT2D eigenvalue weighted by Crippen LogP contribution is -2.36. The van der Waals surface area contributed by atoms with Crippen LogP contribution in [0.3, 0.4) is 0 Å². The number of aryl methyl sites for hydroxylation is 1. The number of aromatic nitrogens is 4. The van der Waals surface area contributed by atoms with Crippen molar-refractivity contribution >= 4 is 5.97 Å². The van der Waals surface area contributed by atoms with Crippen molar-refractivity contribution in [3.05, 3.63) is 65.4 Å². The quantitative estimate of drug-likeness (QED) is 0.669. The monoisotopic (exact) mass is 391 g/mol. The molecule has 0 saturated carbocycles. The lowest BCUT2D eigenvalue weighted by atomic mass is 9.93. The van der Waals surface area contributed by atoms with E-state index >= 15 is 0 Å². The maximum Gasteiger partial charge on any atom is 0.336 e. The zero-order chi connectivity index (χ0) is 20.2. The fraction of sp³-hybridized carbons (Fsp3) is 0.364. The van der Waals surface area contributed by atoms with Gasteiger partial charge < -0.3 is 10.1 Å². The predicted octanol–water partition coefficient (Wildman–Crippen LogP) is 3.33. The number of nitrogens with zero attached hydrogens (tertiary/aromatic N) is 4. The van der Waals surface area contributed by atoms with Crippen LogP contribution >= 0.6 is 0 Å². The first kappa shape index (κ1) is 19.3. The number of H-pyrrole nitrogens is 1. The van der Waals surface area contributed by atoms with E-state index in [-0.39, 0.29) is 0 Å². The van der Waals surface area contributed by atoms with E-state index in [1.54, 1.807) is 24.5 Å². The van der Waals surface area contributed by atoms with Crippen LogP contribution in [0.5, 0.6) is 0 Å². The molecule has 1 aliphatic heterocycles. The van der Waals surface area contributed by atoms with E-state index < -0.39 is 5.97 Å². The first-order valence-corrected chi connectivity index (χ1v) is 9.95. The molecule has 1 saturated heterocycles. The molecule has 7 heteroatoms.